The Kier molecular flexibility index (Phi) is 38.5. The lowest BCUT2D eigenvalue weighted by atomic mass is 9.85. The molecular formula is C88H176O35Si7. The third kappa shape index (κ3) is 27.0. The lowest BCUT2D eigenvalue weighted by molar-refractivity contribution is -0.397. The Hall–Kier alpha value is 0.118. The van der Waals surface area contributed by atoms with E-state index in [2.05, 4.69) is 33.9 Å². The standard InChI is InChI=1S/C88H176O35Si7/c1-82(2,3)124(22,23)104-40-48-47-38-36-37-39-103-75-63(97)56(90)69(49(112-75)41-105-125(24,25)83(4,5)6)119-77-65(99)58(92)71(51(114-77)43-107-127(28,29)85(10,11)12)121-79-67(101)60(94)73(53(116-79)45-109-129(32,33)87(16,17)18)123-81-68(102)61(95)74(54(117-81)46-110-130(34,35)88(19,20)21)122-80-66(100)59(93)72(52(115-80)44-108-128(30,31)86(13,14)15)120-78-64(98)57(91)70(118-76(111-48)62(96)55(47)89)50(113-78)42-106-126(26,27)84(7,8)9/h47-81,89-102H,36-46H2,1-35H3/t47?,48?,49?,50?,51?,52?,53?,54?,55-,56+,57+,58+,59+,60+,61+,62?,63?,64?,65?,66?,67?,68?,69?,70?,71?,72?,73?,74?,75-,76+,77+,78+,79+,80+,81+/m0/s1. The molecule has 0 amide bonds. The number of hydrogen-bond acceptors (Lipinski definition) is 35. The van der Waals surface area contributed by atoms with Gasteiger partial charge in [0.2, 0.25) is 0 Å². The van der Waals surface area contributed by atoms with Crippen LogP contribution in [-0.2, 0) is 97.3 Å². The van der Waals surface area contributed by atoms with Crippen LogP contribution in [0.25, 0.3) is 0 Å². The normalized spacial score (nSPS) is 40.0. The monoisotopic (exact) mass is 1990 g/mol. The summed E-state index contributed by atoms with van der Waals surface area (Å²) >= 11 is 0. The van der Waals surface area contributed by atoms with Crippen molar-refractivity contribution in [3.05, 3.63) is 0 Å². The molecular weight excluding hydrogens is 1810 g/mol. The van der Waals surface area contributed by atoms with Crippen LogP contribution in [0.5, 0.6) is 0 Å². The highest BCUT2D eigenvalue weighted by atomic mass is 28.4. The number of ether oxygens (including phenoxy) is 14. The lowest BCUT2D eigenvalue weighted by Gasteiger charge is -2.51. The molecule has 0 saturated carbocycles. The van der Waals surface area contributed by atoms with Gasteiger partial charge in [-0.2, -0.15) is 0 Å². The maximum atomic E-state index is 12.8. The fourth-order valence-electron chi connectivity index (χ4n) is 14.7. The molecule has 14 bridgehead atoms. The van der Waals surface area contributed by atoms with Crippen molar-refractivity contribution in [2.24, 2.45) is 5.92 Å². The van der Waals surface area contributed by atoms with Crippen molar-refractivity contribution < 1.29 is 169 Å². The molecule has 130 heavy (non-hydrogen) atoms. The first-order chi connectivity index (χ1) is 58.9. The van der Waals surface area contributed by atoms with Crippen molar-refractivity contribution in [2.45, 2.75) is 500 Å². The van der Waals surface area contributed by atoms with E-state index in [-0.39, 0.29) is 80.8 Å². The van der Waals surface area contributed by atoms with Crippen molar-refractivity contribution in [1.29, 1.82) is 0 Å². The maximum absolute atomic E-state index is 12.8. The molecule has 766 valence electrons. The van der Waals surface area contributed by atoms with E-state index >= 15 is 0 Å². The van der Waals surface area contributed by atoms with Crippen LogP contribution < -0.4 is 0 Å². The summed E-state index contributed by atoms with van der Waals surface area (Å²) < 4.78 is 141. The molecule has 21 unspecified atom stereocenters. The van der Waals surface area contributed by atoms with Crippen molar-refractivity contribution in [2.75, 3.05) is 52.9 Å². The van der Waals surface area contributed by atoms with Crippen LogP contribution in [0.3, 0.4) is 0 Å². The van der Waals surface area contributed by atoms with Crippen LogP contribution in [0.15, 0.2) is 0 Å². The van der Waals surface area contributed by atoms with E-state index in [1.165, 1.54) is 0 Å². The molecule has 24 fully saturated rings. The zero-order chi connectivity index (χ0) is 98.8. The van der Waals surface area contributed by atoms with E-state index in [1.807, 2.05) is 203 Å². The van der Waals surface area contributed by atoms with Crippen molar-refractivity contribution >= 4 is 58.2 Å². The molecule has 35 atom stereocenters. The van der Waals surface area contributed by atoms with Gasteiger partial charge in [-0.3, -0.25) is 0 Å². The largest absolute Gasteiger partial charge is 0.414 e. The number of aliphatic hydroxyl groups excluding tert-OH is 14. The minimum absolute atomic E-state index is 0.0768. The minimum Gasteiger partial charge on any atom is -0.414 e. The average Bonchev–Trinajstić information content (AvgIpc) is 0.766. The second-order valence-electron chi connectivity index (χ2n) is 48.3. The first-order valence-electron chi connectivity index (χ1n) is 47.1. The summed E-state index contributed by atoms with van der Waals surface area (Å²) in [7, 11) is -19.2. The molecule has 14 N–H and O–H groups in total. The third-order valence-corrected chi connectivity index (χ3v) is 63.1. The molecule has 0 aromatic carbocycles. The van der Waals surface area contributed by atoms with Crippen molar-refractivity contribution in [3.8, 4) is 0 Å². The molecule has 35 nitrogen and oxygen atoms in total. The first kappa shape index (κ1) is 115. The van der Waals surface area contributed by atoms with E-state index in [1.54, 1.807) is 0 Å². The van der Waals surface area contributed by atoms with Crippen LogP contribution in [0, 0.1) is 5.92 Å². The van der Waals surface area contributed by atoms with Gasteiger partial charge in [-0.1, -0.05) is 152 Å². The Morgan fingerprint density at radius 3 is 0.538 bits per heavy atom. The Balaban J connectivity index is 1.26. The molecule has 42 heteroatoms. The van der Waals surface area contributed by atoms with Gasteiger partial charge in [-0.05, 0) is 140 Å². The summed E-state index contributed by atoms with van der Waals surface area (Å²) in [6, 6.07) is 0. The van der Waals surface area contributed by atoms with E-state index in [4.69, 9.17) is 97.3 Å². The highest BCUT2D eigenvalue weighted by Crippen LogP contribution is 2.48. The molecule has 24 saturated heterocycles. The number of fused-ring (bicyclic) bond motifs is 1. The van der Waals surface area contributed by atoms with E-state index < -0.39 is 293 Å². The molecule has 0 aromatic heterocycles. The van der Waals surface area contributed by atoms with Gasteiger partial charge in [-0.25, -0.2) is 0 Å². The molecule has 0 spiro atoms. The predicted octanol–water partition coefficient (Wildman–Crippen LogP) is 7.39. The van der Waals surface area contributed by atoms with Gasteiger partial charge in [0.05, 0.1) is 58.5 Å². The predicted molar refractivity (Wildman–Crippen MR) is 499 cm³/mol. The van der Waals surface area contributed by atoms with Gasteiger partial charge < -0.3 is 169 Å². The molecule has 24 aliphatic rings. The summed E-state index contributed by atoms with van der Waals surface area (Å²) in [5.74, 6) is -0.837. The van der Waals surface area contributed by atoms with Gasteiger partial charge in [-0.15, -0.1) is 0 Å². The first-order valence-corrected chi connectivity index (χ1v) is 67.4. The van der Waals surface area contributed by atoms with Crippen LogP contribution >= 0.6 is 0 Å². The highest BCUT2D eigenvalue weighted by molar-refractivity contribution is 6.76. The third-order valence-electron chi connectivity index (χ3n) is 31.6. The van der Waals surface area contributed by atoms with Crippen LogP contribution in [0.1, 0.15) is 165 Å². The molecule has 24 aliphatic heterocycles. The maximum Gasteiger partial charge on any atom is 0.192 e. The smallest absolute Gasteiger partial charge is 0.192 e. The quantitative estimate of drug-likeness (QED) is 0.0498. The van der Waals surface area contributed by atoms with Gasteiger partial charge in [0.1, 0.15) is 153 Å². The van der Waals surface area contributed by atoms with E-state index in [0.717, 1.165) is 0 Å². The summed E-state index contributed by atoms with van der Waals surface area (Å²) in [5.41, 5.74) is 0. The topological polar surface area (TPSA) is 477 Å². The van der Waals surface area contributed by atoms with Crippen LogP contribution in [0.4, 0.5) is 0 Å². The van der Waals surface area contributed by atoms with Gasteiger partial charge >= 0.3 is 0 Å². The zero-order valence-corrected chi connectivity index (χ0v) is 91.8. The second kappa shape index (κ2) is 43.3. The molecule has 0 aliphatic carbocycles. The van der Waals surface area contributed by atoms with Gasteiger partial charge in [0.15, 0.2) is 102 Å². The lowest BCUT2D eigenvalue weighted by Crippen LogP contribution is -2.69. The van der Waals surface area contributed by atoms with Crippen molar-refractivity contribution in [1.82, 2.24) is 0 Å². The van der Waals surface area contributed by atoms with E-state index in [9.17, 15) is 71.5 Å². The second-order valence-corrected chi connectivity index (χ2v) is 82.0. The Bertz CT molecular complexity index is 3490. The minimum atomic E-state index is -2.82. The van der Waals surface area contributed by atoms with Crippen LogP contribution in [0.2, 0.25) is 127 Å². The molecule has 0 aromatic rings. The zero-order valence-electron chi connectivity index (χ0n) is 84.8. The van der Waals surface area contributed by atoms with Gasteiger partial charge in [0.25, 0.3) is 0 Å². The van der Waals surface area contributed by atoms with E-state index in [0.29, 0.717) is 6.42 Å². The molecule has 0 radical (unpaired) electrons. The van der Waals surface area contributed by atoms with Crippen LogP contribution in [-0.4, -0.2) is 391 Å². The summed E-state index contributed by atoms with van der Waals surface area (Å²) in [6.07, 6.45) is -58.9. The Morgan fingerprint density at radius 2 is 0.354 bits per heavy atom. The fourth-order valence-corrected chi connectivity index (χ4v) is 21.8. The molecule has 24 heterocycles. The SMILES string of the molecule is CC(C)(C)[Si](C)(C)OCC1O[C@@H]2OC3C(CO[Si](C)(C)C(C)(C)C)O[C@H](OC4C(CO[Si](C)(C)C(C)(C)C)O[C@H](OC5C(CO[Si](C)(C)C(C)(C)C)O[C@H](OC6C(CO[Si](C)(C)C(C)(C)C)O[C@H](OC7C(CO[Si](C)(C)C(C)(C)C)O[C@H](OC8C(CO[Si](C)(C)C(C)(C)C)O[C@H](OCCCCC1[C@H](O)C2O)C(O)[C@H]8O)C(O)[C@H]7O)C(O)[C@H]6O)C(O)[C@H]5O)C(O)[C@H]4O)C(O)[C@H]3O. The number of rotatable bonds is 21. The Labute approximate surface area is 781 Å². The van der Waals surface area contributed by atoms with Crippen molar-refractivity contribution in [3.63, 3.8) is 0 Å². The number of aliphatic hydroxyl groups is 14. The fraction of sp³-hybridized carbons (Fsp3) is 1.00. The highest BCUT2D eigenvalue weighted by Gasteiger charge is 2.62. The summed E-state index contributed by atoms with van der Waals surface area (Å²) in [4.78, 5) is 0. The summed E-state index contributed by atoms with van der Waals surface area (Å²) in [6.45, 7) is 68.4. The summed E-state index contributed by atoms with van der Waals surface area (Å²) in [5, 5.41) is 174. The average molecular weight is 1990 g/mol. The number of hydrogen-bond donors (Lipinski definition) is 14. The van der Waals surface area contributed by atoms with Gasteiger partial charge in [0, 0.05) is 12.5 Å². The Morgan fingerprint density at radius 1 is 0.200 bits per heavy atom. The molecule has 24 rings (SSSR count).